The lowest BCUT2D eigenvalue weighted by molar-refractivity contribution is -0.384. The van der Waals surface area contributed by atoms with E-state index in [9.17, 15) is 14.5 Å². The molecule has 1 aromatic carbocycles. The fourth-order valence-electron chi connectivity index (χ4n) is 2.08. The molecule has 1 saturated heterocycles. The molecule has 1 N–H and O–H groups in total. The summed E-state index contributed by atoms with van der Waals surface area (Å²) in [5.74, 6) is -0.768. The molecule has 1 aromatic rings. The molecule has 0 amide bonds. The van der Waals surface area contributed by atoms with E-state index in [1.807, 2.05) is 11.8 Å². The summed E-state index contributed by atoms with van der Waals surface area (Å²) in [6.45, 7) is 3.98. The van der Waals surface area contributed by atoms with Crippen molar-refractivity contribution in [1.29, 1.82) is 0 Å². The SMILES string of the molecule is CC1CN(c2cc(Cl)c(F)cc2[N+](=O)[O-])CCN1. The molecule has 98 valence electrons. The number of piperazine rings is 1. The molecule has 1 unspecified atom stereocenters. The van der Waals surface area contributed by atoms with Gasteiger partial charge in [0.05, 0.1) is 16.0 Å². The molecule has 1 aliphatic rings. The third kappa shape index (κ3) is 2.54. The van der Waals surface area contributed by atoms with E-state index in [1.165, 1.54) is 6.07 Å². The van der Waals surface area contributed by atoms with Crippen molar-refractivity contribution in [3.05, 3.63) is 33.1 Å². The van der Waals surface area contributed by atoms with E-state index in [-0.39, 0.29) is 16.8 Å². The molecule has 1 heterocycles. The van der Waals surface area contributed by atoms with Crippen LogP contribution in [0.4, 0.5) is 15.8 Å². The average molecular weight is 274 g/mol. The molecule has 5 nitrogen and oxygen atoms in total. The molecular weight excluding hydrogens is 261 g/mol. The van der Waals surface area contributed by atoms with Crippen LogP contribution in [-0.2, 0) is 0 Å². The van der Waals surface area contributed by atoms with Gasteiger partial charge in [0.15, 0.2) is 0 Å². The van der Waals surface area contributed by atoms with Gasteiger partial charge in [0.2, 0.25) is 0 Å². The van der Waals surface area contributed by atoms with Crippen molar-refractivity contribution in [2.24, 2.45) is 0 Å². The van der Waals surface area contributed by atoms with Crippen LogP contribution in [0.3, 0.4) is 0 Å². The Hall–Kier alpha value is -1.40. The highest BCUT2D eigenvalue weighted by molar-refractivity contribution is 6.31. The van der Waals surface area contributed by atoms with Gasteiger partial charge in [-0.15, -0.1) is 0 Å². The number of halogens is 2. The van der Waals surface area contributed by atoms with Crippen molar-refractivity contribution in [1.82, 2.24) is 5.32 Å². The fraction of sp³-hybridized carbons (Fsp3) is 0.455. The van der Waals surface area contributed by atoms with Gasteiger partial charge in [-0.2, -0.15) is 0 Å². The smallest absolute Gasteiger partial charge is 0.295 e. The number of nitrogens with zero attached hydrogens (tertiary/aromatic N) is 2. The molecule has 0 saturated carbocycles. The van der Waals surface area contributed by atoms with Crippen molar-refractivity contribution in [2.75, 3.05) is 24.5 Å². The van der Waals surface area contributed by atoms with Gasteiger partial charge in [-0.05, 0) is 13.0 Å². The van der Waals surface area contributed by atoms with E-state index in [4.69, 9.17) is 11.6 Å². The maximum Gasteiger partial charge on any atom is 0.295 e. The molecule has 0 bridgehead atoms. The fourth-order valence-corrected chi connectivity index (χ4v) is 2.23. The van der Waals surface area contributed by atoms with Crippen molar-refractivity contribution in [3.63, 3.8) is 0 Å². The number of hydrogen-bond acceptors (Lipinski definition) is 4. The summed E-state index contributed by atoms with van der Waals surface area (Å²) in [6, 6.07) is 2.43. The van der Waals surface area contributed by atoms with Gasteiger partial charge < -0.3 is 10.2 Å². The minimum Gasteiger partial charge on any atom is -0.363 e. The predicted molar refractivity (Wildman–Crippen MR) is 67.7 cm³/mol. The van der Waals surface area contributed by atoms with Crippen LogP contribution >= 0.6 is 11.6 Å². The lowest BCUT2D eigenvalue weighted by Crippen LogP contribution is -2.49. The Bertz CT molecular complexity index is 484. The molecule has 1 aliphatic heterocycles. The van der Waals surface area contributed by atoms with Crippen LogP contribution < -0.4 is 10.2 Å². The van der Waals surface area contributed by atoms with Gasteiger partial charge in [-0.1, -0.05) is 11.6 Å². The first kappa shape index (κ1) is 13.0. The summed E-state index contributed by atoms with van der Waals surface area (Å²) < 4.78 is 13.3. The summed E-state index contributed by atoms with van der Waals surface area (Å²) in [5.41, 5.74) is 0.130. The maximum atomic E-state index is 13.3. The molecule has 18 heavy (non-hydrogen) atoms. The summed E-state index contributed by atoms with van der Waals surface area (Å²) in [4.78, 5) is 12.2. The van der Waals surface area contributed by atoms with Gasteiger partial charge in [0.25, 0.3) is 5.69 Å². The zero-order valence-corrected chi connectivity index (χ0v) is 10.6. The molecule has 0 radical (unpaired) electrons. The molecule has 1 atom stereocenters. The third-order valence-electron chi connectivity index (χ3n) is 2.92. The van der Waals surface area contributed by atoms with E-state index < -0.39 is 10.7 Å². The maximum absolute atomic E-state index is 13.3. The second kappa shape index (κ2) is 5.07. The number of anilines is 1. The van der Waals surface area contributed by atoms with Gasteiger partial charge in [-0.25, -0.2) is 4.39 Å². The Morgan fingerprint density at radius 2 is 2.33 bits per heavy atom. The molecule has 0 aliphatic carbocycles. The van der Waals surface area contributed by atoms with Crippen LogP contribution in [0, 0.1) is 15.9 Å². The zero-order valence-electron chi connectivity index (χ0n) is 9.82. The van der Waals surface area contributed by atoms with Crippen molar-refractivity contribution in [3.8, 4) is 0 Å². The minimum absolute atomic E-state index is 0.0956. The van der Waals surface area contributed by atoms with Gasteiger partial charge >= 0.3 is 0 Å². The van der Waals surface area contributed by atoms with E-state index in [2.05, 4.69) is 5.32 Å². The summed E-state index contributed by atoms with van der Waals surface area (Å²) in [7, 11) is 0. The van der Waals surface area contributed by atoms with Gasteiger partial charge in [0.1, 0.15) is 11.5 Å². The molecule has 7 heteroatoms. The summed E-state index contributed by atoms with van der Waals surface area (Å²) in [6.07, 6.45) is 0. The Morgan fingerprint density at radius 3 is 2.94 bits per heavy atom. The summed E-state index contributed by atoms with van der Waals surface area (Å²) >= 11 is 5.71. The Kier molecular flexibility index (Phi) is 3.68. The molecule has 1 fully saturated rings. The number of nitrogens with one attached hydrogen (secondary N) is 1. The van der Waals surface area contributed by atoms with Crippen LogP contribution in [0.2, 0.25) is 5.02 Å². The molecule has 2 rings (SSSR count). The van der Waals surface area contributed by atoms with Crippen molar-refractivity contribution in [2.45, 2.75) is 13.0 Å². The van der Waals surface area contributed by atoms with E-state index in [1.54, 1.807) is 0 Å². The second-order valence-corrected chi connectivity index (χ2v) is 4.72. The largest absolute Gasteiger partial charge is 0.363 e. The Morgan fingerprint density at radius 1 is 1.61 bits per heavy atom. The Balaban J connectivity index is 2.41. The van der Waals surface area contributed by atoms with E-state index >= 15 is 0 Å². The lowest BCUT2D eigenvalue weighted by atomic mass is 10.2. The summed E-state index contributed by atoms with van der Waals surface area (Å²) in [5, 5.41) is 14.1. The van der Waals surface area contributed by atoms with Crippen LogP contribution in [0.1, 0.15) is 6.92 Å². The lowest BCUT2D eigenvalue weighted by Gasteiger charge is -2.33. The topological polar surface area (TPSA) is 58.4 Å². The quantitative estimate of drug-likeness (QED) is 0.663. The second-order valence-electron chi connectivity index (χ2n) is 4.31. The molecular formula is C11H13ClFN3O2. The van der Waals surface area contributed by atoms with Gasteiger partial charge in [-0.3, -0.25) is 10.1 Å². The normalized spacial score (nSPS) is 19.9. The highest BCUT2D eigenvalue weighted by Crippen LogP contribution is 2.33. The number of hydrogen-bond donors (Lipinski definition) is 1. The monoisotopic (exact) mass is 273 g/mol. The first-order valence-electron chi connectivity index (χ1n) is 5.61. The highest BCUT2D eigenvalue weighted by atomic mass is 35.5. The van der Waals surface area contributed by atoms with E-state index in [0.717, 1.165) is 12.6 Å². The van der Waals surface area contributed by atoms with Crippen molar-refractivity contribution < 1.29 is 9.31 Å². The number of benzene rings is 1. The average Bonchev–Trinajstić information content (AvgIpc) is 2.31. The molecule has 0 spiro atoms. The first-order chi connectivity index (χ1) is 8.49. The van der Waals surface area contributed by atoms with Gasteiger partial charge in [0, 0.05) is 25.7 Å². The first-order valence-corrected chi connectivity index (χ1v) is 5.98. The van der Waals surface area contributed by atoms with Crippen LogP contribution in [0.5, 0.6) is 0 Å². The number of rotatable bonds is 2. The number of nitro benzene ring substituents is 1. The van der Waals surface area contributed by atoms with Crippen LogP contribution in [0.25, 0.3) is 0 Å². The third-order valence-corrected chi connectivity index (χ3v) is 3.21. The van der Waals surface area contributed by atoms with Crippen LogP contribution in [-0.4, -0.2) is 30.6 Å². The van der Waals surface area contributed by atoms with E-state index in [0.29, 0.717) is 18.8 Å². The van der Waals surface area contributed by atoms with Crippen LogP contribution in [0.15, 0.2) is 12.1 Å². The van der Waals surface area contributed by atoms with Crippen molar-refractivity contribution >= 4 is 23.0 Å². The Labute approximate surface area is 109 Å². The minimum atomic E-state index is -0.768. The predicted octanol–water partition coefficient (Wildman–Crippen LogP) is 2.19. The molecule has 0 aromatic heterocycles. The standard InChI is InChI=1S/C11H13ClFN3O2/c1-7-6-15(3-2-14-7)10-4-8(12)9(13)5-11(10)16(17)18/h4-5,7,14H,2-3,6H2,1H3. The zero-order chi connectivity index (χ0) is 13.3. The number of nitro groups is 1. The highest BCUT2D eigenvalue weighted by Gasteiger charge is 2.25.